The zero-order valence-corrected chi connectivity index (χ0v) is 13.4. The van der Waals surface area contributed by atoms with Crippen LogP contribution in [-0.4, -0.2) is 11.0 Å². The highest BCUT2D eigenvalue weighted by atomic mass is 79.9. The quantitative estimate of drug-likeness (QED) is 0.752. The van der Waals surface area contributed by atoms with E-state index in [-0.39, 0.29) is 11.3 Å². The number of hydrogen-bond acceptors (Lipinski definition) is 2. The average molecular weight is 405 g/mol. The lowest BCUT2D eigenvalue weighted by atomic mass is 10.2. The van der Waals surface area contributed by atoms with Gasteiger partial charge in [0.05, 0.1) is 11.3 Å². The summed E-state index contributed by atoms with van der Waals surface area (Å²) in [6.45, 7) is 0. The van der Waals surface area contributed by atoms with Gasteiger partial charge in [-0.1, -0.05) is 27.5 Å². The summed E-state index contributed by atoms with van der Waals surface area (Å²) in [6.07, 6.45) is 0. The van der Waals surface area contributed by atoms with Crippen molar-refractivity contribution in [3.63, 3.8) is 0 Å². The minimum atomic E-state index is -0.432. The zero-order valence-electron chi connectivity index (χ0n) is 9.45. The van der Waals surface area contributed by atoms with Crippen molar-refractivity contribution in [1.29, 1.82) is 0 Å². The summed E-state index contributed by atoms with van der Waals surface area (Å²) >= 11 is 12.5. The first-order valence-electron chi connectivity index (χ1n) is 5.22. The third kappa shape index (κ3) is 3.49. The normalized spacial score (nSPS) is 10.3. The van der Waals surface area contributed by atoms with E-state index in [1.54, 1.807) is 12.1 Å². The maximum absolute atomic E-state index is 12.1. The number of nitrogens with one attached hydrogen (secondary N) is 1. The van der Waals surface area contributed by atoms with E-state index in [0.717, 1.165) is 8.95 Å². The molecular weight excluding hydrogens is 397 g/mol. The number of carbonyl (C=O) groups is 1. The van der Waals surface area contributed by atoms with Crippen LogP contribution in [-0.2, 0) is 0 Å². The predicted molar refractivity (Wildman–Crippen MR) is 82.9 cm³/mol. The Hall–Kier alpha value is -1.04. The fourth-order valence-electron chi connectivity index (χ4n) is 1.47. The van der Waals surface area contributed by atoms with E-state index in [1.807, 2.05) is 6.07 Å². The smallest absolute Gasteiger partial charge is 0.259 e. The van der Waals surface area contributed by atoms with Crippen LogP contribution >= 0.6 is 43.5 Å². The largest absolute Gasteiger partial charge is 0.507 e. The number of anilines is 1. The Kier molecular flexibility index (Phi) is 4.50. The molecule has 0 spiro atoms. The highest BCUT2D eigenvalue weighted by molar-refractivity contribution is 9.11. The molecule has 0 bridgehead atoms. The van der Waals surface area contributed by atoms with Crippen molar-refractivity contribution < 1.29 is 9.90 Å². The number of halogens is 3. The molecule has 0 atom stereocenters. The number of phenols is 1. The Balaban J connectivity index is 2.30. The van der Waals surface area contributed by atoms with Gasteiger partial charge in [-0.3, -0.25) is 4.79 Å². The minimum Gasteiger partial charge on any atom is -0.507 e. The Morgan fingerprint density at radius 1 is 1.16 bits per heavy atom. The van der Waals surface area contributed by atoms with Crippen molar-refractivity contribution >= 4 is 55.1 Å². The molecule has 0 saturated carbocycles. The highest BCUT2D eigenvalue weighted by Crippen LogP contribution is 2.28. The lowest BCUT2D eigenvalue weighted by molar-refractivity contribution is 0.102. The van der Waals surface area contributed by atoms with Gasteiger partial charge in [0.25, 0.3) is 5.91 Å². The second-order valence-corrected chi connectivity index (χ2v) is 5.95. The number of aromatic hydroxyl groups is 1. The lowest BCUT2D eigenvalue weighted by Crippen LogP contribution is -2.12. The van der Waals surface area contributed by atoms with Gasteiger partial charge >= 0.3 is 0 Å². The fourth-order valence-corrected chi connectivity index (χ4v) is 2.35. The average Bonchev–Trinajstić information content (AvgIpc) is 2.36. The molecule has 0 aromatic heterocycles. The van der Waals surface area contributed by atoms with Gasteiger partial charge in [-0.2, -0.15) is 0 Å². The van der Waals surface area contributed by atoms with Crippen molar-refractivity contribution in [3.05, 3.63) is 55.9 Å². The molecule has 0 radical (unpaired) electrons. The molecule has 0 fully saturated rings. The predicted octanol–water partition coefficient (Wildman–Crippen LogP) is 4.82. The molecule has 0 aliphatic rings. The van der Waals surface area contributed by atoms with Gasteiger partial charge in [0.1, 0.15) is 5.75 Å². The minimum absolute atomic E-state index is 0.118. The van der Waals surface area contributed by atoms with E-state index in [1.165, 1.54) is 18.2 Å². The number of phenolic OH excluding ortho intramolecular Hbond substituents is 1. The standard InChI is InChI=1S/C13H8Br2ClNO2/c14-7-1-3-10(15)11(5-7)17-13(19)9-6-8(16)2-4-12(9)18/h1-6,18H,(H,17,19). The summed E-state index contributed by atoms with van der Waals surface area (Å²) in [5, 5.41) is 12.8. The van der Waals surface area contributed by atoms with Crippen LogP contribution in [0, 0.1) is 0 Å². The van der Waals surface area contributed by atoms with Crippen LogP contribution < -0.4 is 5.32 Å². The van der Waals surface area contributed by atoms with Crippen LogP contribution in [0.1, 0.15) is 10.4 Å². The molecule has 2 N–H and O–H groups in total. The number of amides is 1. The second-order valence-electron chi connectivity index (χ2n) is 3.74. The van der Waals surface area contributed by atoms with Crippen LogP contribution in [0.25, 0.3) is 0 Å². The van der Waals surface area contributed by atoms with Gasteiger partial charge in [0, 0.05) is 14.0 Å². The van der Waals surface area contributed by atoms with Crippen LogP contribution in [0.3, 0.4) is 0 Å². The van der Waals surface area contributed by atoms with Gasteiger partial charge in [-0.25, -0.2) is 0 Å². The van der Waals surface area contributed by atoms with Crippen molar-refractivity contribution in [1.82, 2.24) is 0 Å². The van der Waals surface area contributed by atoms with Crippen molar-refractivity contribution in [2.45, 2.75) is 0 Å². The molecule has 6 heteroatoms. The second kappa shape index (κ2) is 5.94. The maximum atomic E-state index is 12.1. The number of rotatable bonds is 2. The van der Waals surface area contributed by atoms with Crippen LogP contribution in [0.2, 0.25) is 5.02 Å². The van der Waals surface area contributed by atoms with Gasteiger partial charge in [0.15, 0.2) is 0 Å². The molecule has 2 aromatic rings. The summed E-state index contributed by atoms with van der Waals surface area (Å²) in [5.41, 5.74) is 0.720. The summed E-state index contributed by atoms with van der Waals surface area (Å²) in [5.74, 6) is -0.549. The summed E-state index contributed by atoms with van der Waals surface area (Å²) in [7, 11) is 0. The molecule has 3 nitrogen and oxygen atoms in total. The molecule has 0 unspecified atom stereocenters. The Morgan fingerprint density at radius 2 is 1.89 bits per heavy atom. The highest BCUT2D eigenvalue weighted by Gasteiger charge is 2.13. The van der Waals surface area contributed by atoms with Crippen molar-refractivity contribution in [3.8, 4) is 5.75 Å². The van der Waals surface area contributed by atoms with Crippen LogP contribution in [0.5, 0.6) is 5.75 Å². The zero-order chi connectivity index (χ0) is 14.0. The Bertz CT molecular complexity index is 647. The SMILES string of the molecule is O=C(Nc1cc(Br)ccc1Br)c1cc(Cl)ccc1O. The first kappa shape index (κ1) is 14.4. The molecule has 19 heavy (non-hydrogen) atoms. The van der Waals surface area contributed by atoms with Crippen LogP contribution in [0.15, 0.2) is 45.3 Å². The summed E-state index contributed by atoms with van der Waals surface area (Å²) in [4.78, 5) is 12.1. The fraction of sp³-hybridized carbons (Fsp3) is 0. The first-order chi connectivity index (χ1) is 8.97. The Labute approximate surface area is 131 Å². The van der Waals surface area contributed by atoms with E-state index in [0.29, 0.717) is 10.7 Å². The number of benzene rings is 2. The van der Waals surface area contributed by atoms with Gasteiger partial charge in [-0.15, -0.1) is 0 Å². The molecule has 98 valence electrons. The van der Waals surface area contributed by atoms with E-state index in [4.69, 9.17) is 11.6 Å². The van der Waals surface area contributed by atoms with E-state index < -0.39 is 5.91 Å². The molecule has 0 aliphatic carbocycles. The molecular formula is C13H8Br2ClNO2. The van der Waals surface area contributed by atoms with Crippen molar-refractivity contribution in [2.24, 2.45) is 0 Å². The molecule has 0 aliphatic heterocycles. The summed E-state index contributed by atoms with van der Waals surface area (Å²) < 4.78 is 1.58. The first-order valence-corrected chi connectivity index (χ1v) is 7.18. The van der Waals surface area contributed by atoms with E-state index in [9.17, 15) is 9.90 Å². The molecule has 2 rings (SSSR count). The number of hydrogen-bond donors (Lipinski definition) is 2. The Morgan fingerprint density at radius 3 is 2.63 bits per heavy atom. The monoisotopic (exact) mass is 403 g/mol. The van der Waals surface area contributed by atoms with Gasteiger partial charge < -0.3 is 10.4 Å². The van der Waals surface area contributed by atoms with Crippen molar-refractivity contribution in [2.75, 3.05) is 5.32 Å². The lowest BCUT2D eigenvalue weighted by Gasteiger charge is -2.09. The topological polar surface area (TPSA) is 49.3 Å². The molecule has 0 heterocycles. The van der Waals surface area contributed by atoms with Gasteiger partial charge in [0.2, 0.25) is 0 Å². The van der Waals surface area contributed by atoms with Crippen LogP contribution in [0.4, 0.5) is 5.69 Å². The van der Waals surface area contributed by atoms with E-state index in [2.05, 4.69) is 37.2 Å². The maximum Gasteiger partial charge on any atom is 0.259 e. The van der Waals surface area contributed by atoms with E-state index >= 15 is 0 Å². The third-order valence-electron chi connectivity index (χ3n) is 2.38. The molecule has 2 aromatic carbocycles. The summed E-state index contributed by atoms with van der Waals surface area (Å²) in [6, 6.07) is 9.71. The van der Waals surface area contributed by atoms with Gasteiger partial charge in [-0.05, 0) is 52.3 Å². The molecule has 1 amide bonds. The third-order valence-corrected chi connectivity index (χ3v) is 3.80. The molecule has 0 saturated heterocycles. The number of carbonyl (C=O) groups excluding carboxylic acids is 1.